The van der Waals surface area contributed by atoms with Crippen LogP contribution in [0.25, 0.3) is 0 Å². The predicted octanol–water partition coefficient (Wildman–Crippen LogP) is 1.04. The molecule has 0 fully saturated rings. The minimum absolute atomic E-state index is 0.187. The Hall–Kier alpha value is 0.0300. The van der Waals surface area contributed by atoms with Gasteiger partial charge in [0.2, 0.25) is 0 Å². The summed E-state index contributed by atoms with van der Waals surface area (Å²) < 4.78 is 1.64. The third-order valence-corrected chi connectivity index (χ3v) is 3.32. The van der Waals surface area contributed by atoms with Crippen LogP contribution in [0.3, 0.4) is 0 Å². The van der Waals surface area contributed by atoms with E-state index in [1.165, 1.54) is 0 Å². The van der Waals surface area contributed by atoms with Gasteiger partial charge < -0.3 is 0 Å². The molecule has 0 saturated carbocycles. The number of aromatic nitrogens is 4. The first-order valence-corrected chi connectivity index (χ1v) is 4.71. The predicted molar refractivity (Wildman–Crippen MR) is 44.3 cm³/mol. The van der Waals surface area contributed by atoms with E-state index < -0.39 is 0 Å². The zero-order valence-corrected chi connectivity index (χ0v) is 8.50. The van der Waals surface area contributed by atoms with Crippen molar-refractivity contribution in [2.75, 3.05) is 5.33 Å². The van der Waals surface area contributed by atoms with E-state index in [4.69, 9.17) is 0 Å². The van der Waals surface area contributed by atoms with Gasteiger partial charge in [-0.3, -0.25) is 0 Å². The Morgan fingerprint density at radius 1 is 1.70 bits per heavy atom. The zero-order valence-electron chi connectivity index (χ0n) is 5.33. The summed E-state index contributed by atoms with van der Waals surface area (Å²) in [6.45, 7) is 0. The maximum Gasteiger partial charge on any atom is 0.165 e. The van der Waals surface area contributed by atoms with Gasteiger partial charge in [-0.15, -0.1) is 5.10 Å². The van der Waals surface area contributed by atoms with E-state index >= 15 is 0 Å². The first-order chi connectivity index (χ1) is 4.75. The lowest BCUT2D eigenvalue weighted by atomic mass is 10.5. The Kier molecular flexibility index (Phi) is 2.79. The van der Waals surface area contributed by atoms with Gasteiger partial charge in [0.25, 0.3) is 0 Å². The Morgan fingerprint density at radius 3 is 2.80 bits per heavy atom. The molecule has 56 valence electrons. The quantitative estimate of drug-likeness (QED) is 0.754. The van der Waals surface area contributed by atoms with Crippen LogP contribution in [0.5, 0.6) is 0 Å². The summed E-state index contributed by atoms with van der Waals surface area (Å²) in [6, 6.07) is 0. The van der Waals surface area contributed by atoms with Crippen LogP contribution >= 0.6 is 31.9 Å². The molecule has 1 aromatic heterocycles. The molecule has 1 aromatic rings. The van der Waals surface area contributed by atoms with Crippen molar-refractivity contribution in [3.05, 3.63) is 5.82 Å². The lowest BCUT2D eigenvalue weighted by Gasteiger charge is -2.00. The highest BCUT2D eigenvalue weighted by atomic mass is 79.9. The average Bonchev–Trinajstić information content (AvgIpc) is 2.34. The largest absolute Gasteiger partial charge is 0.232 e. The molecule has 0 radical (unpaired) electrons. The summed E-state index contributed by atoms with van der Waals surface area (Å²) in [5, 5.41) is 11.8. The highest BCUT2D eigenvalue weighted by Crippen LogP contribution is 2.20. The fraction of sp³-hybridized carbons (Fsp3) is 0.750. The molecular formula is C4H6Br2N4. The number of rotatable bonds is 2. The van der Waals surface area contributed by atoms with Crippen molar-refractivity contribution in [1.29, 1.82) is 0 Å². The minimum atomic E-state index is 0.187. The second-order valence-electron chi connectivity index (χ2n) is 1.78. The summed E-state index contributed by atoms with van der Waals surface area (Å²) in [7, 11) is 1.81. The fourth-order valence-corrected chi connectivity index (χ4v) is 1.25. The Bertz CT molecular complexity index is 211. The minimum Gasteiger partial charge on any atom is -0.232 e. The van der Waals surface area contributed by atoms with E-state index in [0.717, 1.165) is 11.2 Å². The van der Waals surface area contributed by atoms with Crippen molar-refractivity contribution in [2.45, 2.75) is 4.83 Å². The summed E-state index contributed by atoms with van der Waals surface area (Å²) in [4.78, 5) is 0.187. The third kappa shape index (κ3) is 1.54. The molecule has 0 aliphatic carbocycles. The lowest BCUT2D eigenvalue weighted by Crippen LogP contribution is -2.02. The molecular weight excluding hydrogens is 264 g/mol. The van der Waals surface area contributed by atoms with Crippen molar-refractivity contribution >= 4 is 31.9 Å². The molecule has 0 bridgehead atoms. The molecule has 0 spiro atoms. The van der Waals surface area contributed by atoms with Gasteiger partial charge in [-0.2, -0.15) is 0 Å². The maximum atomic E-state index is 3.81. The normalized spacial score (nSPS) is 13.5. The van der Waals surface area contributed by atoms with Crippen molar-refractivity contribution in [3.63, 3.8) is 0 Å². The van der Waals surface area contributed by atoms with Crippen LogP contribution in [-0.4, -0.2) is 25.5 Å². The summed E-state index contributed by atoms with van der Waals surface area (Å²) >= 11 is 6.72. The van der Waals surface area contributed by atoms with E-state index in [2.05, 4.69) is 47.4 Å². The number of nitrogens with zero attached hydrogens (tertiary/aromatic N) is 4. The number of hydrogen-bond donors (Lipinski definition) is 0. The topological polar surface area (TPSA) is 43.6 Å². The second-order valence-corrected chi connectivity index (χ2v) is 3.54. The summed E-state index contributed by atoms with van der Waals surface area (Å²) in [5.41, 5.74) is 0. The highest BCUT2D eigenvalue weighted by molar-refractivity contribution is 9.12. The van der Waals surface area contributed by atoms with Crippen LogP contribution in [0.4, 0.5) is 0 Å². The molecule has 1 atom stereocenters. The van der Waals surface area contributed by atoms with Crippen LogP contribution in [0.2, 0.25) is 0 Å². The molecule has 0 unspecified atom stereocenters. The van der Waals surface area contributed by atoms with Gasteiger partial charge in [0.05, 0.1) is 4.83 Å². The molecule has 6 heteroatoms. The van der Waals surface area contributed by atoms with Crippen LogP contribution in [-0.2, 0) is 7.05 Å². The molecule has 0 aliphatic heterocycles. The van der Waals surface area contributed by atoms with Crippen molar-refractivity contribution in [3.8, 4) is 0 Å². The van der Waals surface area contributed by atoms with Crippen molar-refractivity contribution in [1.82, 2.24) is 20.2 Å². The first-order valence-electron chi connectivity index (χ1n) is 2.68. The standard InChI is InChI=1S/C4H6Br2N4/c1-10-4(3(6)2-5)7-8-9-10/h3H,2H2,1H3/t3-/m1/s1. The smallest absolute Gasteiger partial charge is 0.165 e. The van der Waals surface area contributed by atoms with Gasteiger partial charge in [-0.1, -0.05) is 31.9 Å². The molecule has 0 aromatic carbocycles. The van der Waals surface area contributed by atoms with Crippen molar-refractivity contribution in [2.24, 2.45) is 7.05 Å². The molecule has 4 nitrogen and oxygen atoms in total. The van der Waals surface area contributed by atoms with Crippen molar-refractivity contribution < 1.29 is 0 Å². The summed E-state index contributed by atoms with van der Waals surface area (Å²) in [5.74, 6) is 0.830. The van der Waals surface area contributed by atoms with E-state index in [-0.39, 0.29) is 4.83 Å². The molecule has 1 rings (SSSR count). The average molecular weight is 270 g/mol. The van der Waals surface area contributed by atoms with Gasteiger partial charge in [0.1, 0.15) is 0 Å². The number of tetrazole rings is 1. The molecule has 0 saturated heterocycles. The molecule has 1 heterocycles. The number of hydrogen-bond acceptors (Lipinski definition) is 3. The Morgan fingerprint density at radius 2 is 2.40 bits per heavy atom. The fourth-order valence-electron chi connectivity index (χ4n) is 0.571. The number of aryl methyl sites for hydroxylation is 1. The monoisotopic (exact) mass is 268 g/mol. The van der Waals surface area contributed by atoms with Crippen LogP contribution in [0.15, 0.2) is 0 Å². The van der Waals surface area contributed by atoms with Gasteiger partial charge in [0, 0.05) is 12.4 Å². The zero-order chi connectivity index (χ0) is 7.56. The van der Waals surface area contributed by atoms with Crippen LogP contribution < -0.4 is 0 Å². The SMILES string of the molecule is Cn1nnnc1[C@H](Br)CBr. The lowest BCUT2D eigenvalue weighted by molar-refractivity contribution is 0.682. The maximum absolute atomic E-state index is 3.81. The highest BCUT2D eigenvalue weighted by Gasteiger charge is 2.11. The van der Waals surface area contributed by atoms with Gasteiger partial charge >= 0.3 is 0 Å². The number of halogens is 2. The van der Waals surface area contributed by atoms with Gasteiger partial charge in [-0.25, -0.2) is 4.68 Å². The Labute approximate surface area is 75.2 Å². The van der Waals surface area contributed by atoms with Gasteiger partial charge in [-0.05, 0) is 10.4 Å². The molecule has 0 aliphatic rings. The van der Waals surface area contributed by atoms with E-state index in [1.807, 2.05) is 7.05 Å². The van der Waals surface area contributed by atoms with E-state index in [1.54, 1.807) is 4.68 Å². The third-order valence-electron chi connectivity index (χ3n) is 1.07. The first kappa shape index (κ1) is 8.13. The van der Waals surface area contributed by atoms with Crippen LogP contribution in [0, 0.1) is 0 Å². The number of alkyl halides is 2. The molecule has 0 N–H and O–H groups in total. The van der Waals surface area contributed by atoms with E-state index in [9.17, 15) is 0 Å². The summed E-state index contributed by atoms with van der Waals surface area (Å²) in [6.07, 6.45) is 0. The molecule has 0 amide bonds. The van der Waals surface area contributed by atoms with Gasteiger partial charge in [0.15, 0.2) is 5.82 Å². The van der Waals surface area contributed by atoms with E-state index in [0.29, 0.717) is 0 Å². The Balaban J connectivity index is 2.82. The molecule has 10 heavy (non-hydrogen) atoms. The second kappa shape index (κ2) is 3.43. The van der Waals surface area contributed by atoms with Crippen LogP contribution in [0.1, 0.15) is 10.7 Å².